The van der Waals surface area contributed by atoms with Crippen molar-refractivity contribution in [2.24, 2.45) is 5.73 Å². The Hall–Kier alpha value is -4.65. The summed E-state index contributed by atoms with van der Waals surface area (Å²) in [6.45, 7) is 0. The van der Waals surface area contributed by atoms with Gasteiger partial charge in [0.15, 0.2) is 0 Å². The fraction of sp³-hybridized carbons (Fsp3) is 0.0741. The van der Waals surface area contributed by atoms with Crippen LogP contribution in [0, 0.1) is 0 Å². The maximum atomic E-state index is 12.9. The van der Waals surface area contributed by atoms with Crippen LogP contribution < -0.4 is 16.8 Å². The largest absolute Gasteiger partial charge is 0.441 e. The summed E-state index contributed by atoms with van der Waals surface area (Å²) in [6, 6.07) is 25.9. The molecular formula is C27H24N4O3. The second-order valence-corrected chi connectivity index (χ2v) is 7.74. The first kappa shape index (κ1) is 22.5. The molecule has 3 aromatic carbocycles. The number of nitrogens with two attached hydrogens (primary N) is 2. The highest BCUT2D eigenvalue weighted by atomic mass is 16.6. The lowest BCUT2D eigenvalue weighted by Crippen LogP contribution is -2.19. The van der Waals surface area contributed by atoms with Gasteiger partial charge in [-0.1, -0.05) is 54.6 Å². The maximum Gasteiger partial charge on any atom is 0.405 e. The van der Waals surface area contributed by atoms with Gasteiger partial charge in [-0.05, 0) is 52.6 Å². The smallest absolute Gasteiger partial charge is 0.405 e. The molecule has 0 aliphatic heterocycles. The molecule has 2 amide bonds. The molecule has 0 bridgehead atoms. The van der Waals surface area contributed by atoms with Crippen LogP contribution in [0.5, 0.6) is 0 Å². The van der Waals surface area contributed by atoms with E-state index in [0.29, 0.717) is 28.9 Å². The number of hydrogen-bond acceptors (Lipinski definition) is 5. The van der Waals surface area contributed by atoms with Crippen molar-refractivity contribution in [3.8, 4) is 11.1 Å². The lowest BCUT2D eigenvalue weighted by atomic mass is 10.0. The topological polar surface area (TPSA) is 120 Å². The van der Waals surface area contributed by atoms with Crippen LogP contribution >= 0.6 is 0 Å². The number of anilines is 2. The van der Waals surface area contributed by atoms with E-state index in [2.05, 4.69) is 10.3 Å². The first-order chi connectivity index (χ1) is 16.5. The minimum Gasteiger partial charge on any atom is -0.441 e. The summed E-state index contributed by atoms with van der Waals surface area (Å²) in [5.41, 5.74) is 16.4. The summed E-state index contributed by atoms with van der Waals surface area (Å²) in [5, 5.41) is 2.88. The first-order valence-corrected chi connectivity index (χ1v) is 10.7. The standard InChI is InChI=1S/C27H24N4O3/c28-23-13-12-22(19-6-2-1-3-7-19)16-24(23)31-26(32)21-10-8-20(9-11-21)25(34-27(29)33)15-18-5-4-14-30-17-18/h1-14,16-17,25H,15,28H2,(H2,29,33)(H,31,32). The Morgan fingerprint density at radius 2 is 1.68 bits per heavy atom. The van der Waals surface area contributed by atoms with Gasteiger partial charge in [-0.3, -0.25) is 9.78 Å². The number of benzene rings is 3. The van der Waals surface area contributed by atoms with Crippen molar-refractivity contribution < 1.29 is 14.3 Å². The second-order valence-electron chi connectivity index (χ2n) is 7.74. The van der Waals surface area contributed by atoms with Gasteiger partial charge in [-0.15, -0.1) is 0 Å². The average Bonchev–Trinajstić information content (AvgIpc) is 2.86. The molecule has 170 valence electrons. The van der Waals surface area contributed by atoms with Gasteiger partial charge in [0.05, 0.1) is 11.4 Å². The third-order valence-electron chi connectivity index (χ3n) is 5.36. The molecule has 0 radical (unpaired) electrons. The monoisotopic (exact) mass is 452 g/mol. The molecule has 4 rings (SSSR count). The van der Waals surface area contributed by atoms with Crippen LogP contribution in [0.15, 0.2) is 97.3 Å². The van der Waals surface area contributed by atoms with E-state index in [0.717, 1.165) is 16.7 Å². The highest BCUT2D eigenvalue weighted by Crippen LogP contribution is 2.28. The third kappa shape index (κ3) is 5.58. The van der Waals surface area contributed by atoms with Crippen LogP contribution in [-0.2, 0) is 11.2 Å². The molecule has 1 heterocycles. The molecule has 0 aliphatic carbocycles. The SMILES string of the molecule is NC(=O)OC(Cc1cccnc1)c1ccc(C(=O)Nc2cc(-c3ccccc3)ccc2N)cc1. The number of carbonyl (C=O) groups excluding carboxylic acids is 2. The van der Waals surface area contributed by atoms with E-state index < -0.39 is 12.2 Å². The van der Waals surface area contributed by atoms with Crippen LogP contribution in [-0.4, -0.2) is 17.0 Å². The zero-order chi connectivity index (χ0) is 23.9. The van der Waals surface area contributed by atoms with Gasteiger partial charge in [0.25, 0.3) is 5.91 Å². The predicted molar refractivity (Wildman–Crippen MR) is 132 cm³/mol. The van der Waals surface area contributed by atoms with Gasteiger partial charge < -0.3 is 21.5 Å². The normalized spacial score (nSPS) is 11.4. The van der Waals surface area contributed by atoms with Crippen molar-refractivity contribution in [1.82, 2.24) is 4.98 Å². The minimum absolute atomic E-state index is 0.303. The molecule has 4 aromatic rings. The second kappa shape index (κ2) is 10.3. The number of nitrogens with zero attached hydrogens (tertiary/aromatic N) is 1. The summed E-state index contributed by atoms with van der Waals surface area (Å²) in [6.07, 6.45) is 2.31. The van der Waals surface area contributed by atoms with Crippen LogP contribution in [0.25, 0.3) is 11.1 Å². The van der Waals surface area contributed by atoms with Crippen molar-refractivity contribution in [1.29, 1.82) is 0 Å². The van der Waals surface area contributed by atoms with Gasteiger partial charge in [0, 0.05) is 24.4 Å². The Morgan fingerprint density at radius 1 is 0.912 bits per heavy atom. The van der Waals surface area contributed by atoms with Crippen LogP contribution in [0.3, 0.4) is 0 Å². The van der Waals surface area contributed by atoms with Gasteiger partial charge in [0.2, 0.25) is 0 Å². The highest BCUT2D eigenvalue weighted by Gasteiger charge is 2.17. The maximum absolute atomic E-state index is 12.9. The van der Waals surface area contributed by atoms with Crippen LogP contribution in [0.4, 0.5) is 16.2 Å². The zero-order valence-corrected chi connectivity index (χ0v) is 18.3. The molecule has 5 N–H and O–H groups in total. The number of aromatic nitrogens is 1. The number of nitrogen functional groups attached to an aromatic ring is 1. The van der Waals surface area contributed by atoms with Gasteiger partial charge >= 0.3 is 6.09 Å². The molecule has 0 aliphatic rings. The van der Waals surface area contributed by atoms with Crippen LogP contribution in [0.2, 0.25) is 0 Å². The van der Waals surface area contributed by atoms with E-state index in [9.17, 15) is 9.59 Å². The molecule has 0 spiro atoms. The number of carbonyl (C=O) groups is 2. The summed E-state index contributed by atoms with van der Waals surface area (Å²) < 4.78 is 5.30. The van der Waals surface area contributed by atoms with E-state index in [1.165, 1.54) is 0 Å². The molecule has 1 unspecified atom stereocenters. The number of amides is 2. The number of primary amides is 1. The third-order valence-corrected chi connectivity index (χ3v) is 5.36. The average molecular weight is 453 g/mol. The summed E-state index contributed by atoms with van der Waals surface area (Å²) in [5.74, 6) is -0.303. The summed E-state index contributed by atoms with van der Waals surface area (Å²) in [4.78, 5) is 28.4. The molecule has 0 saturated carbocycles. The highest BCUT2D eigenvalue weighted by molar-refractivity contribution is 6.06. The first-order valence-electron chi connectivity index (χ1n) is 10.7. The Bertz CT molecular complexity index is 1280. The number of rotatable bonds is 7. The quantitative estimate of drug-likeness (QED) is 0.342. The Morgan fingerprint density at radius 3 is 2.35 bits per heavy atom. The van der Waals surface area contributed by atoms with E-state index in [-0.39, 0.29) is 5.91 Å². The molecule has 0 fully saturated rings. The molecule has 34 heavy (non-hydrogen) atoms. The molecular weight excluding hydrogens is 428 g/mol. The van der Waals surface area contributed by atoms with E-state index in [4.69, 9.17) is 16.2 Å². The van der Waals surface area contributed by atoms with Gasteiger partial charge in [0.1, 0.15) is 6.10 Å². The minimum atomic E-state index is -0.871. The van der Waals surface area contributed by atoms with Crippen molar-refractivity contribution in [2.45, 2.75) is 12.5 Å². The van der Waals surface area contributed by atoms with Crippen molar-refractivity contribution in [2.75, 3.05) is 11.1 Å². The van der Waals surface area contributed by atoms with E-state index in [1.807, 2.05) is 54.6 Å². The van der Waals surface area contributed by atoms with Gasteiger partial charge in [-0.2, -0.15) is 0 Å². The zero-order valence-electron chi connectivity index (χ0n) is 18.3. The molecule has 7 heteroatoms. The van der Waals surface area contributed by atoms with Crippen molar-refractivity contribution in [3.63, 3.8) is 0 Å². The fourth-order valence-corrected chi connectivity index (χ4v) is 3.62. The Kier molecular flexibility index (Phi) is 6.84. The molecule has 1 aromatic heterocycles. The van der Waals surface area contributed by atoms with E-state index in [1.54, 1.807) is 42.7 Å². The molecule has 7 nitrogen and oxygen atoms in total. The van der Waals surface area contributed by atoms with Crippen LogP contribution in [0.1, 0.15) is 27.6 Å². The number of ether oxygens (including phenoxy) is 1. The predicted octanol–water partition coefficient (Wildman–Crippen LogP) is 4.96. The summed E-state index contributed by atoms with van der Waals surface area (Å²) in [7, 11) is 0. The number of nitrogens with one attached hydrogen (secondary N) is 1. The lowest BCUT2D eigenvalue weighted by Gasteiger charge is -2.17. The lowest BCUT2D eigenvalue weighted by molar-refractivity contribution is 0.102. The Balaban J connectivity index is 1.51. The van der Waals surface area contributed by atoms with Crippen molar-refractivity contribution >= 4 is 23.4 Å². The Labute approximate surface area is 197 Å². The van der Waals surface area contributed by atoms with E-state index >= 15 is 0 Å². The molecule has 0 saturated heterocycles. The van der Waals surface area contributed by atoms with Gasteiger partial charge in [-0.25, -0.2) is 4.79 Å². The number of pyridine rings is 1. The fourth-order valence-electron chi connectivity index (χ4n) is 3.62. The summed E-state index contributed by atoms with van der Waals surface area (Å²) >= 11 is 0. The molecule has 1 atom stereocenters. The van der Waals surface area contributed by atoms with Crippen molar-refractivity contribution in [3.05, 3.63) is 114 Å². The number of hydrogen-bond donors (Lipinski definition) is 3.